The summed E-state index contributed by atoms with van der Waals surface area (Å²) in [5, 5.41) is 19.7. The summed E-state index contributed by atoms with van der Waals surface area (Å²) in [6.07, 6.45) is 4.69. The number of nitrogens with two attached hydrogens (primary N) is 1. The number of hydrogen-bond donors (Lipinski definition) is 2. The van der Waals surface area contributed by atoms with E-state index in [1.54, 1.807) is 18.5 Å². The average molecular weight is 469 g/mol. The SMILES string of the molecule is COc1cc2nc(N)n3nc([C@H]4C[C@@H](C)CN(c5cnn(CC(C)(C)O)c5)C4)nc3c2cc1F. The van der Waals surface area contributed by atoms with Crippen molar-refractivity contribution in [2.45, 2.75) is 45.3 Å². The number of anilines is 2. The Kier molecular flexibility index (Phi) is 5.31. The maximum Gasteiger partial charge on any atom is 0.223 e. The van der Waals surface area contributed by atoms with Crippen molar-refractivity contribution in [2.75, 3.05) is 30.8 Å². The zero-order valence-corrected chi connectivity index (χ0v) is 19.7. The number of nitrogens with zero attached hydrogens (tertiary/aromatic N) is 7. The molecule has 34 heavy (non-hydrogen) atoms. The molecule has 3 N–H and O–H groups in total. The molecule has 0 radical (unpaired) electrons. The molecule has 0 unspecified atom stereocenters. The molecular weight excluding hydrogens is 439 g/mol. The Bertz CT molecular complexity index is 1360. The van der Waals surface area contributed by atoms with Crippen LogP contribution in [0.25, 0.3) is 16.6 Å². The summed E-state index contributed by atoms with van der Waals surface area (Å²) < 4.78 is 22.7. The number of hydrogen-bond acceptors (Lipinski definition) is 8. The van der Waals surface area contributed by atoms with Gasteiger partial charge in [0.2, 0.25) is 5.95 Å². The number of aliphatic hydroxyl groups is 1. The van der Waals surface area contributed by atoms with Crippen molar-refractivity contribution < 1.29 is 14.2 Å². The molecule has 0 aliphatic carbocycles. The number of benzene rings is 1. The minimum atomic E-state index is -0.846. The quantitative estimate of drug-likeness (QED) is 0.459. The summed E-state index contributed by atoms with van der Waals surface area (Å²) in [7, 11) is 1.41. The van der Waals surface area contributed by atoms with Gasteiger partial charge in [-0.3, -0.25) is 4.68 Å². The van der Waals surface area contributed by atoms with Crippen molar-refractivity contribution in [1.82, 2.24) is 29.4 Å². The lowest BCUT2D eigenvalue weighted by Gasteiger charge is -2.36. The zero-order chi connectivity index (χ0) is 24.2. The highest BCUT2D eigenvalue weighted by atomic mass is 19.1. The first-order valence-electron chi connectivity index (χ1n) is 11.3. The first-order chi connectivity index (χ1) is 16.1. The van der Waals surface area contributed by atoms with Crippen molar-refractivity contribution in [3.05, 3.63) is 36.2 Å². The number of rotatable bonds is 5. The van der Waals surface area contributed by atoms with Crippen molar-refractivity contribution in [2.24, 2.45) is 5.92 Å². The molecule has 10 nitrogen and oxygen atoms in total. The molecular formula is C23H29FN8O2. The molecule has 4 aromatic rings. The van der Waals surface area contributed by atoms with Gasteiger partial charge in [0.1, 0.15) is 0 Å². The van der Waals surface area contributed by atoms with E-state index in [0.717, 1.165) is 18.7 Å². The van der Waals surface area contributed by atoms with E-state index in [9.17, 15) is 9.50 Å². The van der Waals surface area contributed by atoms with Gasteiger partial charge in [-0.1, -0.05) is 6.92 Å². The maximum absolute atomic E-state index is 14.4. The van der Waals surface area contributed by atoms with Gasteiger partial charge in [0.15, 0.2) is 23.0 Å². The highest BCUT2D eigenvalue weighted by Gasteiger charge is 2.30. The Balaban J connectivity index is 1.48. The number of piperidine rings is 1. The first kappa shape index (κ1) is 22.3. The third-order valence-electron chi connectivity index (χ3n) is 6.15. The molecule has 1 aromatic carbocycles. The molecule has 3 aromatic heterocycles. The van der Waals surface area contributed by atoms with Crippen LogP contribution in [-0.2, 0) is 6.54 Å². The smallest absolute Gasteiger partial charge is 0.223 e. The monoisotopic (exact) mass is 468 g/mol. The lowest BCUT2D eigenvalue weighted by molar-refractivity contribution is 0.0577. The predicted molar refractivity (Wildman–Crippen MR) is 126 cm³/mol. The fourth-order valence-corrected chi connectivity index (χ4v) is 4.72. The van der Waals surface area contributed by atoms with E-state index in [-0.39, 0.29) is 17.6 Å². The van der Waals surface area contributed by atoms with Crippen molar-refractivity contribution in [3.63, 3.8) is 0 Å². The molecule has 2 atom stereocenters. The van der Waals surface area contributed by atoms with Crippen LogP contribution in [0.15, 0.2) is 24.5 Å². The summed E-state index contributed by atoms with van der Waals surface area (Å²) in [5.74, 6) is 0.899. The van der Waals surface area contributed by atoms with Crippen LogP contribution < -0.4 is 15.4 Å². The first-order valence-corrected chi connectivity index (χ1v) is 11.3. The third-order valence-corrected chi connectivity index (χ3v) is 6.15. The van der Waals surface area contributed by atoms with Crippen molar-refractivity contribution in [1.29, 1.82) is 0 Å². The van der Waals surface area contributed by atoms with Gasteiger partial charge in [-0.25, -0.2) is 14.4 Å². The Morgan fingerprint density at radius 3 is 2.79 bits per heavy atom. The van der Waals surface area contributed by atoms with Gasteiger partial charge in [0.05, 0.1) is 36.7 Å². The Morgan fingerprint density at radius 1 is 1.26 bits per heavy atom. The summed E-state index contributed by atoms with van der Waals surface area (Å²) in [6.45, 7) is 7.72. The second-order valence-electron chi connectivity index (χ2n) is 9.83. The van der Waals surface area contributed by atoms with Gasteiger partial charge in [-0.2, -0.15) is 9.61 Å². The summed E-state index contributed by atoms with van der Waals surface area (Å²) in [6, 6.07) is 2.88. The van der Waals surface area contributed by atoms with Crippen LogP contribution in [0.2, 0.25) is 0 Å². The minimum Gasteiger partial charge on any atom is -0.494 e. The summed E-state index contributed by atoms with van der Waals surface area (Å²) in [5.41, 5.74) is 7.29. The Morgan fingerprint density at radius 2 is 2.06 bits per heavy atom. The predicted octanol–water partition coefficient (Wildman–Crippen LogP) is 2.60. The molecule has 1 aliphatic heterocycles. The zero-order valence-electron chi connectivity index (χ0n) is 19.7. The molecule has 0 bridgehead atoms. The lowest BCUT2D eigenvalue weighted by atomic mass is 9.90. The normalized spacial score (nSPS) is 19.3. The number of nitrogen functional groups attached to an aromatic ring is 1. The molecule has 1 aliphatic rings. The summed E-state index contributed by atoms with van der Waals surface area (Å²) >= 11 is 0. The second kappa shape index (κ2) is 8.08. The van der Waals surface area contributed by atoms with Gasteiger partial charge in [0, 0.05) is 36.7 Å². The van der Waals surface area contributed by atoms with Crippen molar-refractivity contribution in [3.8, 4) is 5.75 Å². The number of methoxy groups -OCH3 is 1. The molecule has 0 spiro atoms. The molecule has 4 heterocycles. The van der Waals surface area contributed by atoms with E-state index >= 15 is 0 Å². The number of halogens is 1. The molecule has 1 saturated heterocycles. The molecule has 0 saturated carbocycles. The second-order valence-corrected chi connectivity index (χ2v) is 9.83. The van der Waals surface area contributed by atoms with Gasteiger partial charge in [-0.15, -0.1) is 5.10 Å². The standard InChI is InChI=1S/C23H29FN8O2/c1-13-5-14(10-30(9-13)15-8-26-31(11-15)12-23(2,3)33)20-28-21-16-6-17(24)19(34-4)7-18(16)27-22(25)32(21)29-20/h6-8,11,13-14,33H,5,9-10,12H2,1-4H3,(H2,25,27)/t13-,14+/m1/s1. The number of aromatic nitrogens is 6. The fourth-order valence-electron chi connectivity index (χ4n) is 4.72. The van der Waals surface area contributed by atoms with Gasteiger partial charge >= 0.3 is 0 Å². The largest absolute Gasteiger partial charge is 0.494 e. The molecule has 0 amide bonds. The van der Waals surface area contributed by atoms with E-state index in [4.69, 9.17) is 15.5 Å². The Hall–Kier alpha value is -3.47. The van der Waals surface area contributed by atoms with Crippen LogP contribution in [0, 0.1) is 11.7 Å². The average Bonchev–Trinajstić information content (AvgIpc) is 3.40. The van der Waals surface area contributed by atoms with Crippen LogP contribution in [0.5, 0.6) is 5.75 Å². The number of fused-ring (bicyclic) bond motifs is 3. The van der Waals surface area contributed by atoms with Gasteiger partial charge in [0.25, 0.3) is 0 Å². The van der Waals surface area contributed by atoms with Crippen LogP contribution >= 0.6 is 0 Å². The van der Waals surface area contributed by atoms with E-state index < -0.39 is 11.4 Å². The van der Waals surface area contributed by atoms with E-state index in [1.807, 2.05) is 12.4 Å². The van der Waals surface area contributed by atoms with Crippen LogP contribution in [0.4, 0.5) is 16.0 Å². The highest BCUT2D eigenvalue weighted by Crippen LogP contribution is 2.33. The van der Waals surface area contributed by atoms with Crippen LogP contribution in [-0.4, -0.2) is 60.3 Å². The van der Waals surface area contributed by atoms with E-state index in [1.165, 1.54) is 23.8 Å². The molecule has 1 fully saturated rings. The Labute approximate surface area is 196 Å². The van der Waals surface area contributed by atoms with E-state index in [2.05, 4.69) is 27.0 Å². The topological polar surface area (TPSA) is 120 Å². The third kappa shape index (κ3) is 4.11. The fraction of sp³-hybridized carbons (Fsp3) is 0.478. The van der Waals surface area contributed by atoms with Crippen LogP contribution in [0.3, 0.4) is 0 Å². The van der Waals surface area contributed by atoms with Crippen LogP contribution in [0.1, 0.15) is 38.9 Å². The lowest BCUT2D eigenvalue weighted by Crippen LogP contribution is -2.39. The molecule has 180 valence electrons. The minimum absolute atomic E-state index is 0.0545. The highest BCUT2D eigenvalue weighted by molar-refractivity contribution is 5.93. The summed E-state index contributed by atoms with van der Waals surface area (Å²) in [4.78, 5) is 11.4. The van der Waals surface area contributed by atoms with Crippen molar-refractivity contribution >= 4 is 28.2 Å². The van der Waals surface area contributed by atoms with Gasteiger partial charge < -0.3 is 20.5 Å². The molecule has 5 rings (SSSR count). The van der Waals surface area contributed by atoms with Gasteiger partial charge in [-0.05, 0) is 32.3 Å². The number of ether oxygens (including phenoxy) is 1. The van der Waals surface area contributed by atoms with E-state index in [0.29, 0.717) is 41.4 Å². The maximum atomic E-state index is 14.4. The molecule has 11 heteroatoms.